The molecule has 5 heteroatoms. The van der Waals surface area contributed by atoms with Crippen LogP contribution in [0.1, 0.15) is 25.0 Å². The molecule has 1 aliphatic rings. The van der Waals surface area contributed by atoms with E-state index >= 15 is 0 Å². The summed E-state index contributed by atoms with van der Waals surface area (Å²) in [6.45, 7) is 4.20. The third kappa shape index (κ3) is 5.59. The second-order valence-corrected chi connectivity index (χ2v) is 7.24. The summed E-state index contributed by atoms with van der Waals surface area (Å²) in [5, 5.41) is 15.5. The van der Waals surface area contributed by atoms with Gasteiger partial charge in [0.2, 0.25) is 0 Å². The van der Waals surface area contributed by atoms with Gasteiger partial charge in [-0.15, -0.1) is 0 Å². The monoisotopic (exact) mass is 308 g/mol. The van der Waals surface area contributed by atoms with Gasteiger partial charge in [-0.25, -0.2) is 4.79 Å². The number of fused-ring (bicyclic) bond motifs is 1. The molecule has 21 heavy (non-hydrogen) atoms. The van der Waals surface area contributed by atoms with E-state index in [-0.39, 0.29) is 12.1 Å². The molecular weight excluding hydrogens is 284 g/mol. The minimum absolute atomic E-state index is 0.100. The number of amides is 2. The van der Waals surface area contributed by atoms with Crippen molar-refractivity contribution in [1.29, 1.82) is 0 Å². The van der Waals surface area contributed by atoms with E-state index in [9.17, 15) is 9.90 Å². The van der Waals surface area contributed by atoms with Crippen LogP contribution in [0.4, 0.5) is 4.79 Å². The summed E-state index contributed by atoms with van der Waals surface area (Å²) < 4.78 is 0. The maximum absolute atomic E-state index is 11.8. The molecule has 1 aromatic carbocycles. The Balaban J connectivity index is 1.61. The highest BCUT2D eigenvalue weighted by Crippen LogP contribution is 2.21. The van der Waals surface area contributed by atoms with E-state index in [1.807, 2.05) is 12.1 Å². The van der Waals surface area contributed by atoms with Crippen molar-refractivity contribution in [2.45, 2.75) is 38.3 Å². The molecule has 3 N–H and O–H groups in total. The molecule has 0 saturated carbocycles. The topological polar surface area (TPSA) is 61.4 Å². The van der Waals surface area contributed by atoms with E-state index in [1.165, 1.54) is 11.1 Å². The molecular formula is C16H24N2O2S. The maximum Gasteiger partial charge on any atom is 0.315 e. The van der Waals surface area contributed by atoms with Gasteiger partial charge < -0.3 is 15.7 Å². The molecule has 1 aromatic rings. The van der Waals surface area contributed by atoms with Crippen molar-refractivity contribution in [3.05, 3.63) is 35.4 Å². The summed E-state index contributed by atoms with van der Waals surface area (Å²) in [5.41, 5.74) is 2.02. The summed E-state index contributed by atoms with van der Waals surface area (Å²) in [4.78, 5) is 11.8. The van der Waals surface area contributed by atoms with Crippen LogP contribution >= 0.6 is 11.8 Å². The molecule has 0 atom stereocenters. The Morgan fingerprint density at radius 2 is 1.95 bits per heavy atom. The van der Waals surface area contributed by atoms with Gasteiger partial charge in [0.1, 0.15) is 0 Å². The average Bonchev–Trinajstić information content (AvgIpc) is 2.78. The lowest BCUT2D eigenvalue weighted by molar-refractivity contribution is 0.107. The molecule has 4 nitrogen and oxygen atoms in total. The number of carbonyl (C=O) groups is 1. The van der Waals surface area contributed by atoms with Gasteiger partial charge in [-0.05, 0) is 37.8 Å². The SMILES string of the molecule is CC(C)(O)CSCCNC(=O)NC1Cc2ccccc2C1. The standard InChI is InChI=1S/C16H24N2O2S/c1-16(2,20)11-21-8-7-17-15(19)18-14-9-12-5-3-4-6-13(12)10-14/h3-6,14,20H,7-11H2,1-2H3,(H2,17,18,19). The lowest BCUT2D eigenvalue weighted by Crippen LogP contribution is -2.43. The molecule has 0 aromatic heterocycles. The van der Waals surface area contributed by atoms with Gasteiger partial charge >= 0.3 is 6.03 Å². The Bertz CT molecular complexity index is 460. The smallest absolute Gasteiger partial charge is 0.315 e. The molecule has 116 valence electrons. The number of nitrogens with one attached hydrogen (secondary N) is 2. The van der Waals surface area contributed by atoms with Crippen LogP contribution in [0, 0.1) is 0 Å². The summed E-state index contributed by atoms with van der Waals surface area (Å²) in [6, 6.07) is 8.44. The van der Waals surface area contributed by atoms with E-state index in [0.717, 1.165) is 18.6 Å². The normalized spacial score (nSPS) is 14.8. The van der Waals surface area contributed by atoms with Crippen molar-refractivity contribution < 1.29 is 9.90 Å². The lowest BCUT2D eigenvalue weighted by Gasteiger charge is -2.16. The van der Waals surface area contributed by atoms with Crippen molar-refractivity contribution in [1.82, 2.24) is 10.6 Å². The largest absolute Gasteiger partial charge is 0.390 e. The molecule has 0 spiro atoms. The average molecular weight is 308 g/mol. The zero-order valence-corrected chi connectivity index (χ0v) is 13.5. The first kappa shape index (κ1) is 16.2. The van der Waals surface area contributed by atoms with Gasteiger partial charge in [0.05, 0.1) is 5.60 Å². The predicted octanol–water partition coefficient (Wildman–Crippen LogP) is 1.96. The zero-order chi connectivity index (χ0) is 15.3. The van der Waals surface area contributed by atoms with E-state index in [2.05, 4.69) is 22.8 Å². The van der Waals surface area contributed by atoms with Crippen LogP contribution in [0.25, 0.3) is 0 Å². The molecule has 0 saturated heterocycles. The minimum atomic E-state index is -0.650. The summed E-state index contributed by atoms with van der Waals surface area (Å²) in [7, 11) is 0. The van der Waals surface area contributed by atoms with Crippen LogP contribution < -0.4 is 10.6 Å². The third-order valence-corrected chi connectivity index (χ3v) is 4.78. The van der Waals surface area contributed by atoms with Crippen molar-refractivity contribution >= 4 is 17.8 Å². The summed E-state index contributed by atoms with van der Waals surface area (Å²) in [6.07, 6.45) is 1.83. The minimum Gasteiger partial charge on any atom is -0.390 e. The van der Waals surface area contributed by atoms with E-state index in [0.29, 0.717) is 12.3 Å². The van der Waals surface area contributed by atoms with Crippen LogP contribution in [0.15, 0.2) is 24.3 Å². The van der Waals surface area contributed by atoms with Crippen LogP contribution in [0.3, 0.4) is 0 Å². The molecule has 0 heterocycles. The number of thioether (sulfide) groups is 1. The molecule has 0 fully saturated rings. The zero-order valence-electron chi connectivity index (χ0n) is 12.7. The number of aliphatic hydroxyl groups is 1. The van der Waals surface area contributed by atoms with Gasteiger partial charge in [0.15, 0.2) is 0 Å². The molecule has 0 radical (unpaired) electrons. The van der Waals surface area contributed by atoms with Gasteiger partial charge in [0.25, 0.3) is 0 Å². The Kier molecular flexibility index (Phi) is 5.53. The summed E-state index contributed by atoms with van der Waals surface area (Å²) >= 11 is 1.64. The molecule has 2 amide bonds. The van der Waals surface area contributed by atoms with Crippen molar-refractivity contribution in [3.8, 4) is 0 Å². The maximum atomic E-state index is 11.8. The number of urea groups is 1. The fourth-order valence-electron chi connectivity index (χ4n) is 2.46. The third-order valence-electron chi connectivity index (χ3n) is 3.37. The van der Waals surface area contributed by atoms with Crippen molar-refractivity contribution in [2.24, 2.45) is 0 Å². The fraction of sp³-hybridized carbons (Fsp3) is 0.562. The Hall–Kier alpha value is -1.20. The first-order chi connectivity index (χ1) is 9.94. The number of rotatable bonds is 6. The fourth-order valence-corrected chi connectivity index (χ4v) is 3.35. The van der Waals surface area contributed by atoms with E-state index in [4.69, 9.17) is 0 Å². The quantitative estimate of drug-likeness (QED) is 0.704. The molecule has 2 rings (SSSR count). The van der Waals surface area contributed by atoms with Gasteiger partial charge in [-0.3, -0.25) is 0 Å². The summed E-state index contributed by atoms with van der Waals surface area (Å²) in [5.74, 6) is 1.48. The van der Waals surface area contributed by atoms with Crippen molar-refractivity contribution in [2.75, 3.05) is 18.1 Å². The first-order valence-electron chi connectivity index (χ1n) is 7.35. The number of carbonyl (C=O) groups excluding carboxylic acids is 1. The highest BCUT2D eigenvalue weighted by Gasteiger charge is 2.22. The second-order valence-electron chi connectivity index (χ2n) is 6.14. The molecule has 0 unspecified atom stereocenters. The van der Waals surface area contributed by atoms with Gasteiger partial charge in [0, 0.05) is 24.1 Å². The number of hydrogen-bond acceptors (Lipinski definition) is 3. The van der Waals surface area contributed by atoms with Crippen LogP contribution in [-0.4, -0.2) is 40.8 Å². The van der Waals surface area contributed by atoms with Crippen LogP contribution in [0.5, 0.6) is 0 Å². The van der Waals surface area contributed by atoms with E-state index in [1.54, 1.807) is 25.6 Å². The first-order valence-corrected chi connectivity index (χ1v) is 8.51. The van der Waals surface area contributed by atoms with Gasteiger partial charge in [-0.2, -0.15) is 11.8 Å². The second kappa shape index (κ2) is 7.18. The molecule has 0 bridgehead atoms. The Morgan fingerprint density at radius 1 is 1.33 bits per heavy atom. The Morgan fingerprint density at radius 3 is 2.52 bits per heavy atom. The lowest BCUT2D eigenvalue weighted by atomic mass is 10.1. The Labute approximate surface area is 130 Å². The number of benzene rings is 1. The highest BCUT2D eigenvalue weighted by molar-refractivity contribution is 7.99. The van der Waals surface area contributed by atoms with E-state index < -0.39 is 5.60 Å². The van der Waals surface area contributed by atoms with Crippen LogP contribution in [0.2, 0.25) is 0 Å². The number of hydrogen-bond donors (Lipinski definition) is 3. The highest BCUT2D eigenvalue weighted by atomic mass is 32.2. The van der Waals surface area contributed by atoms with Crippen molar-refractivity contribution in [3.63, 3.8) is 0 Å². The predicted molar refractivity (Wildman–Crippen MR) is 87.8 cm³/mol. The van der Waals surface area contributed by atoms with Gasteiger partial charge in [-0.1, -0.05) is 24.3 Å². The molecule has 0 aliphatic heterocycles. The molecule has 1 aliphatic carbocycles. The van der Waals surface area contributed by atoms with Crippen LogP contribution in [-0.2, 0) is 12.8 Å².